The van der Waals surface area contributed by atoms with Crippen molar-refractivity contribution in [2.24, 2.45) is 0 Å². The van der Waals surface area contributed by atoms with Gasteiger partial charge in [0.25, 0.3) is 0 Å². The van der Waals surface area contributed by atoms with E-state index in [2.05, 4.69) is 53.1 Å². The van der Waals surface area contributed by atoms with Gasteiger partial charge in [-0.15, -0.1) is 0 Å². The molecule has 0 spiro atoms. The lowest BCUT2D eigenvalue weighted by molar-refractivity contribution is 0.558. The molecule has 1 unspecified atom stereocenters. The van der Waals surface area contributed by atoms with Gasteiger partial charge in [0.15, 0.2) is 0 Å². The Morgan fingerprint density at radius 3 is 2.86 bits per heavy atom. The van der Waals surface area contributed by atoms with Crippen molar-refractivity contribution in [1.82, 2.24) is 10.3 Å². The van der Waals surface area contributed by atoms with Crippen molar-refractivity contribution in [3.63, 3.8) is 0 Å². The molecular formula is C11H17BrN2. The summed E-state index contributed by atoms with van der Waals surface area (Å²) < 4.78 is 1.05. The molecule has 1 aromatic heterocycles. The number of nitrogens with one attached hydrogen (secondary N) is 1. The van der Waals surface area contributed by atoms with Crippen molar-refractivity contribution in [1.29, 1.82) is 0 Å². The first-order valence-corrected chi connectivity index (χ1v) is 5.77. The molecule has 0 aliphatic carbocycles. The highest BCUT2D eigenvalue weighted by Crippen LogP contribution is 2.14. The third-order valence-corrected chi connectivity index (χ3v) is 2.64. The van der Waals surface area contributed by atoms with E-state index in [1.807, 2.05) is 6.20 Å². The molecule has 1 rings (SSSR count). The molecule has 0 bridgehead atoms. The van der Waals surface area contributed by atoms with Crippen LogP contribution >= 0.6 is 15.9 Å². The van der Waals surface area contributed by atoms with Gasteiger partial charge in [-0.3, -0.25) is 4.98 Å². The second-order valence-corrected chi connectivity index (χ2v) is 4.50. The molecule has 0 amide bonds. The Kier molecular flexibility index (Phi) is 4.55. The van der Waals surface area contributed by atoms with E-state index in [0.29, 0.717) is 6.04 Å². The largest absolute Gasteiger partial charge is 0.314 e. The Balaban J connectivity index is 2.67. The second-order valence-electron chi connectivity index (χ2n) is 3.58. The highest BCUT2D eigenvalue weighted by Gasteiger charge is 2.05. The van der Waals surface area contributed by atoms with Gasteiger partial charge < -0.3 is 5.32 Å². The van der Waals surface area contributed by atoms with Gasteiger partial charge in [0.1, 0.15) is 0 Å². The Labute approximate surface area is 94.3 Å². The highest BCUT2D eigenvalue weighted by atomic mass is 79.9. The summed E-state index contributed by atoms with van der Waals surface area (Å²) in [6, 6.07) is 2.61. The van der Waals surface area contributed by atoms with Crippen LogP contribution in [0.3, 0.4) is 0 Å². The third kappa shape index (κ3) is 3.39. The van der Waals surface area contributed by atoms with Crippen LogP contribution in [0.2, 0.25) is 0 Å². The Morgan fingerprint density at radius 2 is 2.29 bits per heavy atom. The predicted octanol–water partition coefficient (Wildman–Crippen LogP) is 2.69. The number of aromatic nitrogens is 1. The lowest BCUT2D eigenvalue weighted by Gasteiger charge is -2.13. The fourth-order valence-electron chi connectivity index (χ4n) is 1.49. The highest BCUT2D eigenvalue weighted by molar-refractivity contribution is 9.10. The van der Waals surface area contributed by atoms with Gasteiger partial charge in [-0.05, 0) is 48.0 Å². The average molecular weight is 257 g/mol. The molecule has 3 heteroatoms. The van der Waals surface area contributed by atoms with Crippen LogP contribution in [0.15, 0.2) is 16.7 Å². The van der Waals surface area contributed by atoms with Crippen LogP contribution in [-0.4, -0.2) is 17.6 Å². The van der Waals surface area contributed by atoms with Crippen LogP contribution in [0.1, 0.15) is 25.1 Å². The average Bonchev–Trinajstić information content (AvgIpc) is 2.10. The maximum Gasteiger partial charge on any atom is 0.0448 e. The van der Waals surface area contributed by atoms with Gasteiger partial charge >= 0.3 is 0 Å². The lowest BCUT2D eigenvalue weighted by atomic mass is 10.1. The van der Waals surface area contributed by atoms with Crippen LogP contribution in [-0.2, 0) is 6.42 Å². The summed E-state index contributed by atoms with van der Waals surface area (Å²) in [5, 5.41) is 3.38. The minimum Gasteiger partial charge on any atom is -0.314 e. The molecule has 0 saturated heterocycles. The Bertz CT molecular complexity index is 299. The molecule has 0 aliphatic heterocycles. The van der Waals surface area contributed by atoms with E-state index in [4.69, 9.17) is 0 Å². The molecule has 0 saturated carbocycles. The minimum atomic E-state index is 0.493. The van der Waals surface area contributed by atoms with E-state index < -0.39 is 0 Å². The maximum atomic E-state index is 4.41. The molecule has 1 heterocycles. The Hall–Kier alpha value is -0.410. The van der Waals surface area contributed by atoms with Crippen molar-refractivity contribution in [3.8, 4) is 0 Å². The summed E-state index contributed by atoms with van der Waals surface area (Å²) in [5.41, 5.74) is 2.44. The number of hydrogen-bond donors (Lipinski definition) is 1. The van der Waals surface area contributed by atoms with Crippen LogP contribution in [0.5, 0.6) is 0 Å². The molecule has 1 N–H and O–H groups in total. The monoisotopic (exact) mass is 256 g/mol. The van der Waals surface area contributed by atoms with E-state index >= 15 is 0 Å². The van der Waals surface area contributed by atoms with Crippen LogP contribution in [0, 0.1) is 6.92 Å². The van der Waals surface area contributed by atoms with E-state index in [0.717, 1.165) is 17.4 Å². The number of likely N-dealkylation sites (N-methyl/N-ethyl adjacent to an activating group) is 1. The molecule has 2 nitrogen and oxygen atoms in total. The quantitative estimate of drug-likeness (QED) is 0.897. The summed E-state index contributed by atoms with van der Waals surface area (Å²) in [6.45, 7) is 7.42. The van der Waals surface area contributed by atoms with Gasteiger partial charge in [-0.2, -0.15) is 0 Å². The standard InChI is InChI=1S/C11H17BrN2/c1-4-13-9(3)6-11-8(2)5-10(12)7-14-11/h5,7,9,13H,4,6H2,1-3H3. The summed E-state index contributed by atoms with van der Waals surface area (Å²) in [7, 11) is 0. The molecule has 0 fully saturated rings. The summed E-state index contributed by atoms with van der Waals surface area (Å²) >= 11 is 3.42. The molecule has 1 aromatic rings. The maximum absolute atomic E-state index is 4.41. The molecule has 0 radical (unpaired) electrons. The molecular weight excluding hydrogens is 240 g/mol. The van der Waals surface area contributed by atoms with E-state index in [1.54, 1.807) is 0 Å². The number of nitrogens with zero attached hydrogens (tertiary/aromatic N) is 1. The SMILES string of the molecule is CCNC(C)Cc1ncc(Br)cc1C. The van der Waals surface area contributed by atoms with E-state index in [1.165, 1.54) is 11.3 Å². The van der Waals surface area contributed by atoms with Crippen molar-refractivity contribution in [3.05, 3.63) is 28.0 Å². The third-order valence-electron chi connectivity index (χ3n) is 2.21. The fraction of sp³-hybridized carbons (Fsp3) is 0.545. The van der Waals surface area contributed by atoms with Crippen molar-refractivity contribution >= 4 is 15.9 Å². The summed E-state index contributed by atoms with van der Waals surface area (Å²) in [5.74, 6) is 0. The number of rotatable bonds is 4. The first-order chi connectivity index (χ1) is 6.63. The lowest BCUT2D eigenvalue weighted by Crippen LogP contribution is -2.28. The summed E-state index contributed by atoms with van der Waals surface area (Å²) in [4.78, 5) is 4.41. The number of hydrogen-bond acceptors (Lipinski definition) is 2. The topological polar surface area (TPSA) is 24.9 Å². The normalized spacial score (nSPS) is 12.9. The van der Waals surface area contributed by atoms with Crippen molar-refractivity contribution in [2.45, 2.75) is 33.2 Å². The number of aryl methyl sites for hydroxylation is 1. The van der Waals surface area contributed by atoms with Gasteiger partial charge in [0.2, 0.25) is 0 Å². The summed E-state index contributed by atoms with van der Waals surface area (Å²) in [6.07, 6.45) is 2.86. The zero-order valence-electron chi connectivity index (χ0n) is 8.97. The molecule has 0 aromatic carbocycles. The number of halogens is 1. The second kappa shape index (κ2) is 5.47. The molecule has 1 atom stereocenters. The Morgan fingerprint density at radius 1 is 1.57 bits per heavy atom. The first-order valence-electron chi connectivity index (χ1n) is 4.98. The first kappa shape index (κ1) is 11.7. The van der Waals surface area contributed by atoms with Gasteiger partial charge in [-0.1, -0.05) is 6.92 Å². The zero-order valence-corrected chi connectivity index (χ0v) is 10.6. The number of pyridine rings is 1. The van der Waals surface area contributed by atoms with E-state index in [-0.39, 0.29) is 0 Å². The van der Waals surface area contributed by atoms with Gasteiger partial charge in [-0.25, -0.2) is 0 Å². The molecule has 0 aliphatic rings. The fourth-order valence-corrected chi connectivity index (χ4v) is 1.94. The predicted molar refractivity (Wildman–Crippen MR) is 63.5 cm³/mol. The van der Waals surface area contributed by atoms with Crippen LogP contribution in [0.4, 0.5) is 0 Å². The molecule has 14 heavy (non-hydrogen) atoms. The van der Waals surface area contributed by atoms with Crippen molar-refractivity contribution in [2.75, 3.05) is 6.54 Å². The van der Waals surface area contributed by atoms with Gasteiger partial charge in [0.05, 0.1) is 0 Å². The van der Waals surface area contributed by atoms with E-state index in [9.17, 15) is 0 Å². The van der Waals surface area contributed by atoms with Crippen LogP contribution in [0.25, 0.3) is 0 Å². The minimum absolute atomic E-state index is 0.493. The smallest absolute Gasteiger partial charge is 0.0448 e. The molecule has 78 valence electrons. The van der Waals surface area contributed by atoms with Gasteiger partial charge in [0, 0.05) is 28.8 Å². The zero-order chi connectivity index (χ0) is 10.6. The van der Waals surface area contributed by atoms with Crippen LogP contribution < -0.4 is 5.32 Å². The van der Waals surface area contributed by atoms with Crippen molar-refractivity contribution < 1.29 is 0 Å².